The molecule has 2 aromatic carbocycles. The van der Waals surface area contributed by atoms with E-state index in [0.717, 1.165) is 16.5 Å². The number of nitrogens with zero attached hydrogens (tertiary/aromatic N) is 1. The molecule has 0 amide bonds. The molecule has 23 heavy (non-hydrogen) atoms. The summed E-state index contributed by atoms with van der Waals surface area (Å²) >= 11 is 1.33. The molecule has 1 atom stereocenters. The van der Waals surface area contributed by atoms with Crippen LogP contribution in [-0.2, 0) is 15.6 Å². The van der Waals surface area contributed by atoms with Crippen LogP contribution in [0.5, 0.6) is 0 Å². The van der Waals surface area contributed by atoms with Gasteiger partial charge in [-0.3, -0.25) is 0 Å². The first-order valence-electron chi connectivity index (χ1n) is 7.21. The van der Waals surface area contributed by atoms with Gasteiger partial charge >= 0.3 is 0 Å². The van der Waals surface area contributed by atoms with E-state index >= 15 is 0 Å². The summed E-state index contributed by atoms with van der Waals surface area (Å²) in [4.78, 5) is 4.17. The van der Waals surface area contributed by atoms with Crippen LogP contribution in [0.2, 0.25) is 0 Å². The Bertz CT molecular complexity index is 932. The van der Waals surface area contributed by atoms with E-state index in [4.69, 9.17) is 0 Å². The molecular weight excluding hydrogens is 330 g/mol. The van der Waals surface area contributed by atoms with Crippen LogP contribution in [0.15, 0.2) is 47.8 Å². The predicted molar refractivity (Wildman–Crippen MR) is 93.2 cm³/mol. The van der Waals surface area contributed by atoms with Crippen LogP contribution in [0.3, 0.4) is 0 Å². The quantitative estimate of drug-likeness (QED) is 0.769. The summed E-state index contributed by atoms with van der Waals surface area (Å²) in [5.41, 5.74) is 1.43. The smallest absolute Gasteiger partial charge is 0.159 e. The van der Waals surface area contributed by atoms with Gasteiger partial charge in [0.25, 0.3) is 0 Å². The first kappa shape index (κ1) is 16.1. The zero-order valence-corrected chi connectivity index (χ0v) is 14.3. The van der Waals surface area contributed by atoms with Crippen LogP contribution < -0.4 is 0 Å². The fourth-order valence-corrected chi connectivity index (χ4v) is 5.07. The van der Waals surface area contributed by atoms with E-state index in [9.17, 15) is 13.5 Å². The Hall–Kier alpha value is -1.76. The highest BCUT2D eigenvalue weighted by molar-refractivity contribution is 7.90. The summed E-state index contributed by atoms with van der Waals surface area (Å²) in [7, 11) is -3.42. The standard InChI is InChI=1S/C17H17NO3S2/c1-12-9-22-17(18-12)11-23(20,21)10-16(19)15-7-6-13-4-2-3-5-14(13)8-15/h2-9,16,19H,10-11H2,1H3. The second-order valence-corrected chi connectivity index (χ2v) is 8.61. The zero-order chi connectivity index (χ0) is 16.4. The minimum Gasteiger partial charge on any atom is -0.387 e. The third kappa shape index (κ3) is 3.96. The van der Waals surface area contributed by atoms with Gasteiger partial charge in [-0.15, -0.1) is 11.3 Å². The number of aliphatic hydroxyl groups is 1. The second kappa shape index (κ2) is 6.39. The lowest BCUT2D eigenvalue weighted by molar-refractivity contribution is 0.202. The van der Waals surface area contributed by atoms with Gasteiger partial charge in [0.15, 0.2) is 9.84 Å². The highest BCUT2D eigenvalue weighted by Crippen LogP contribution is 2.23. The van der Waals surface area contributed by atoms with Gasteiger partial charge in [-0.25, -0.2) is 13.4 Å². The molecule has 120 valence electrons. The average molecular weight is 347 g/mol. The van der Waals surface area contributed by atoms with Crippen molar-refractivity contribution in [3.63, 3.8) is 0 Å². The number of sulfone groups is 1. The van der Waals surface area contributed by atoms with Crippen molar-refractivity contribution in [2.75, 3.05) is 5.75 Å². The SMILES string of the molecule is Cc1csc(CS(=O)(=O)CC(O)c2ccc3ccccc3c2)n1. The molecule has 0 saturated heterocycles. The molecular formula is C17H17NO3S2. The van der Waals surface area contributed by atoms with Crippen molar-refractivity contribution in [2.45, 2.75) is 18.8 Å². The van der Waals surface area contributed by atoms with Gasteiger partial charge in [0.2, 0.25) is 0 Å². The highest BCUT2D eigenvalue weighted by atomic mass is 32.2. The summed E-state index contributed by atoms with van der Waals surface area (Å²) in [5.74, 6) is -0.430. The monoisotopic (exact) mass is 347 g/mol. The van der Waals surface area contributed by atoms with Crippen LogP contribution >= 0.6 is 11.3 Å². The van der Waals surface area contributed by atoms with E-state index in [1.807, 2.05) is 48.7 Å². The molecule has 1 N–H and O–H groups in total. The molecule has 0 aliphatic carbocycles. The van der Waals surface area contributed by atoms with Gasteiger partial charge in [-0.05, 0) is 29.3 Å². The van der Waals surface area contributed by atoms with Crippen molar-refractivity contribution in [3.05, 3.63) is 64.1 Å². The molecule has 0 saturated carbocycles. The molecule has 0 aliphatic rings. The molecule has 0 spiro atoms. The van der Waals surface area contributed by atoms with E-state index in [1.165, 1.54) is 11.3 Å². The van der Waals surface area contributed by atoms with Crippen molar-refractivity contribution in [3.8, 4) is 0 Å². The van der Waals surface area contributed by atoms with Crippen LogP contribution in [0.1, 0.15) is 22.4 Å². The summed E-state index contributed by atoms with van der Waals surface area (Å²) in [6.45, 7) is 1.83. The number of benzene rings is 2. The average Bonchev–Trinajstić information content (AvgIpc) is 2.90. The van der Waals surface area contributed by atoms with Crippen molar-refractivity contribution in [1.29, 1.82) is 0 Å². The summed E-state index contributed by atoms with van der Waals surface area (Å²) < 4.78 is 24.5. The molecule has 3 aromatic rings. The zero-order valence-electron chi connectivity index (χ0n) is 12.6. The molecule has 1 unspecified atom stereocenters. The summed E-state index contributed by atoms with van der Waals surface area (Å²) in [6.07, 6.45) is -1.04. The van der Waals surface area contributed by atoms with Gasteiger partial charge in [0.1, 0.15) is 10.8 Å². The number of aromatic nitrogens is 1. The van der Waals surface area contributed by atoms with Crippen LogP contribution in [0, 0.1) is 6.92 Å². The Morgan fingerprint density at radius 3 is 2.61 bits per heavy atom. The molecule has 1 heterocycles. The van der Waals surface area contributed by atoms with E-state index in [1.54, 1.807) is 6.07 Å². The third-order valence-electron chi connectivity index (χ3n) is 3.58. The number of hydrogen-bond donors (Lipinski definition) is 1. The molecule has 6 heteroatoms. The van der Waals surface area contributed by atoms with Crippen molar-refractivity contribution < 1.29 is 13.5 Å². The van der Waals surface area contributed by atoms with E-state index < -0.39 is 15.9 Å². The van der Waals surface area contributed by atoms with Crippen molar-refractivity contribution in [1.82, 2.24) is 4.98 Å². The van der Waals surface area contributed by atoms with Gasteiger partial charge in [0, 0.05) is 11.1 Å². The maximum Gasteiger partial charge on any atom is 0.159 e. The Morgan fingerprint density at radius 1 is 1.17 bits per heavy atom. The Balaban J connectivity index is 1.77. The van der Waals surface area contributed by atoms with Crippen molar-refractivity contribution >= 4 is 31.9 Å². The van der Waals surface area contributed by atoms with E-state index in [0.29, 0.717) is 10.6 Å². The molecule has 4 nitrogen and oxygen atoms in total. The van der Waals surface area contributed by atoms with E-state index in [2.05, 4.69) is 4.98 Å². The lowest BCUT2D eigenvalue weighted by Gasteiger charge is -2.12. The maximum absolute atomic E-state index is 12.3. The number of hydrogen-bond acceptors (Lipinski definition) is 5. The van der Waals surface area contributed by atoms with Gasteiger partial charge in [-0.1, -0.05) is 36.4 Å². The number of fused-ring (bicyclic) bond motifs is 1. The molecule has 1 aromatic heterocycles. The maximum atomic E-state index is 12.3. The fraction of sp³-hybridized carbons (Fsp3) is 0.235. The number of rotatable bonds is 5. The lowest BCUT2D eigenvalue weighted by Crippen LogP contribution is -2.16. The van der Waals surface area contributed by atoms with Crippen LogP contribution in [0.25, 0.3) is 10.8 Å². The second-order valence-electron chi connectivity index (χ2n) is 5.56. The molecule has 0 fully saturated rings. The van der Waals surface area contributed by atoms with Crippen molar-refractivity contribution in [2.24, 2.45) is 0 Å². The van der Waals surface area contributed by atoms with Gasteiger partial charge in [-0.2, -0.15) is 0 Å². The lowest BCUT2D eigenvalue weighted by atomic mass is 10.0. The molecule has 0 bridgehead atoms. The predicted octanol–water partition coefficient (Wildman–Crippen LogP) is 3.25. The summed E-state index contributed by atoms with van der Waals surface area (Å²) in [6, 6.07) is 13.3. The Kier molecular flexibility index (Phi) is 4.48. The van der Waals surface area contributed by atoms with Gasteiger partial charge < -0.3 is 5.11 Å². The number of aliphatic hydroxyl groups excluding tert-OH is 1. The highest BCUT2D eigenvalue weighted by Gasteiger charge is 2.21. The molecule has 3 rings (SSSR count). The Morgan fingerprint density at radius 2 is 1.91 bits per heavy atom. The summed E-state index contributed by atoms with van der Waals surface area (Å²) in [5, 5.41) is 14.7. The van der Waals surface area contributed by atoms with Crippen LogP contribution in [0.4, 0.5) is 0 Å². The minimum absolute atomic E-state index is 0.129. The van der Waals surface area contributed by atoms with Gasteiger partial charge in [0.05, 0.1) is 11.9 Å². The Labute approximate surface area is 139 Å². The molecule has 0 radical (unpaired) electrons. The first-order valence-corrected chi connectivity index (χ1v) is 9.91. The minimum atomic E-state index is -3.42. The largest absolute Gasteiger partial charge is 0.387 e. The number of thiazole rings is 1. The van der Waals surface area contributed by atoms with E-state index in [-0.39, 0.29) is 11.5 Å². The number of aryl methyl sites for hydroxylation is 1. The van der Waals surface area contributed by atoms with Crippen LogP contribution in [-0.4, -0.2) is 24.3 Å². The first-order chi connectivity index (χ1) is 10.9. The third-order valence-corrected chi connectivity index (χ3v) is 6.27. The topological polar surface area (TPSA) is 67.3 Å². The fourth-order valence-electron chi connectivity index (χ4n) is 2.47. The normalized spacial score (nSPS) is 13.3. The molecule has 0 aliphatic heterocycles.